The lowest BCUT2D eigenvalue weighted by Crippen LogP contribution is -2.19. The second-order valence-corrected chi connectivity index (χ2v) is 12.4. The van der Waals surface area contributed by atoms with Gasteiger partial charge in [-0.15, -0.1) is 0 Å². The maximum Gasteiger partial charge on any atom is 0.248 e. The number of ether oxygens (including phenoxy) is 1. The number of fused-ring (bicyclic) bond motifs is 1. The van der Waals surface area contributed by atoms with Gasteiger partial charge in [-0.05, 0) is 48.9 Å². The molecule has 0 bridgehead atoms. The lowest BCUT2D eigenvalue weighted by molar-refractivity contribution is -0.118. The first kappa shape index (κ1) is 25.2. The fraction of sp³-hybridized carbons (Fsp3) is 0.333. The number of benzene rings is 2. The summed E-state index contributed by atoms with van der Waals surface area (Å²) in [7, 11) is -5.49. The molecule has 0 radical (unpaired) electrons. The number of carbonyl (C=O) groups excluding carboxylic acids is 1. The highest BCUT2D eigenvalue weighted by molar-refractivity contribution is 7.91. The Morgan fingerprint density at radius 3 is 2.39 bits per heavy atom. The Morgan fingerprint density at radius 2 is 1.76 bits per heavy atom. The van der Waals surface area contributed by atoms with Gasteiger partial charge in [-0.3, -0.25) is 4.79 Å². The van der Waals surface area contributed by atoms with Crippen LogP contribution in [0.5, 0.6) is 0 Å². The van der Waals surface area contributed by atoms with E-state index in [1.165, 1.54) is 35.6 Å². The van der Waals surface area contributed by atoms with Crippen LogP contribution in [-0.4, -0.2) is 53.0 Å². The molecule has 178 valence electrons. The Kier molecular flexibility index (Phi) is 7.83. The van der Waals surface area contributed by atoms with Crippen LogP contribution in [0.15, 0.2) is 57.2 Å². The van der Waals surface area contributed by atoms with Crippen molar-refractivity contribution in [3.63, 3.8) is 0 Å². The Balaban J connectivity index is 1.81. The highest BCUT2D eigenvalue weighted by Crippen LogP contribution is 2.22. The smallest absolute Gasteiger partial charge is 0.248 e. The minimum atomic E-state index is -3.64. The van der Waals surface area contributed by atoms with E-state index >= 15 is 0 Å². The third-order valence-corrected chi connectivity index (χ3v) is 8.77. The molecule has 0 spiro atoms. The van der Waals surface area contributed by atoms with Crippen LogP contribution in [-0.2, 0) is 35.8 Å². The summed E-state index contributed by atoms with van der Waals surface area (Å²) in [6, 6.07) is 9.23. The monoisotopic (exact) mass is 514 g/mol. The van der Waals surface area contributed by atoms with Crippen molar-refractivity contribution in [1.29, 1.82) is 0 Å². The zero-order chi connectivity index (χ0) is 24.2. The van der Waals surface area contributed by atoms with E-state index in [1.807, 2.05) is 0 Å². The van der Waals surface area contributed by atoms with Gasteiger partial charge in [-0.25, -0.2) is 21.2 Å². The molecule has 0 aliphatic heterocycles. The highest BCUT2D eigenvalue weighted by atomic mass is 32.2. The Labute approximate surface area is 195 Å². The highest BCUT2D eigenvalue weighted by Gasteiger charge is 2.16. The van der Waals surface area contributed by atoms with E-state index in [4.69, 9.17) is 4.74 Å². The maximum atomic E-state index is 13.0. The molecular formula is C21H23FN2O6S3. The van der Waals surface area contributed by atoms with Crippen molar-refractivity contribution in [3.05, 3.63) is 53.1 Å². The van der Waals surface area contributed by atoms with Crippen LogP contribution in [0.4, 0.5) is 4.39 Å². The molecule has 0 fully saturated rings. The maximum absolute atomic E-state index is 13.0. The number of aromatic nitrogens is 1. The topological polar surface area (TPSA) is 112 Å². The number of sulfone groups is 2. The summed E-state index contributed by atoms with van der Waals surface area (Å²) in [4.78, 5) is 17.1. The minimum Gasteiger partial charge on any atom is -0.383 e. The summed E-state index contributed by atoms with van der Waals surface area (Å²) < 4.78 is 69.0. The second kappa shape index (κ2) is 10.2. The van der Waals surface area contributed by atoms with Gasteiger partial charge in [0, 0.05) is 26.3 Å². The molecule has 2 aromatic carbocycles. The number of nitrogens with zero attached hydrogens (tertiary/aromatic N) is 2. The molecule has 1 amide bonds. The third-order valence-electron chi connectivity index (χ3n) is 4.80. The van der Waals surface area contributed by atoms with Crippen LogP contribution in [0.2, 0.25) is 0 Å². The molecule has 3 aromatic rings. The average Bonchev–Trinajstić information content (AvgIpc) is 3.07. The molecule has 1 aromatic heterocycles. The van der Waals surface area contributed by atoms with Crippen LogP contribution in [0, 0.1) is 5.82 Å². The predicted octanol–water partition coefficient (Wildman–Crippen LogP) is 2.57. The zero-order valence-electron chi connectivity index (χ0n) is 18.0. The van der Waals surface area contributed by atoms with Gasteiger partial charge >= 0.3 is 0 Å². The molecule has 12 heteroatoms. The summed E-state index contributed by atoms with van der Waals surface area (Å²) in [5, 5.41) is 0. The van der Waals surface area contributed by atoms with E-state index in [-0.39, 0.29) is 28.4 Å². The van der Waals surface area contributed by atoms with Crippen molar-refractivity contribution in [2.45, 2.75) is 29.2 Å². The standard InChI is InChI=1S/C21H23FN2O6S3/c1-30-12-11-24-18-10-9-17(32(2,26)27)14-19(18)31-21(24)23-20(25)4-3-13-33(28,29)16-7-5-15(22)6-8-16/h5-10,14H,3-4,11-13H2,1-2H3. The van der Waals surface area contributed by atoms with Gasteiger partial charge in [0.1, 0.15) is 5.82 Å². The quantitative estimate of drug-likeness (QED) is 0.406. The van der Waals surface area contributed by atoms with Crippen LogP contribution in [0.3, 0.4) is 0 Å². The number of hydrogen-bond donors (Lipinski definition) is 0. The van der Waals surface area contributed by atoms with E-state index in [9.17, 15) is 26.0 Å². The summed E-state index contributed by atoms with van der Waals surface area (Å²) in [5.74, 6) is -1.30. The molecule has 1 heterocycles. The van der Waals surface area contributed by atoms with E-state index in [1.54, 1.807) is 17.7 Å². The first-order valence-electron chi connectivity index (χ1n) is 9.89. The summed E-state index contributed by atoms with van der Waals surface area (Å²) in [5.41, 5.74) is 0.717. The largest absolute Gasteiger partial charge is 0.383 e. The molecule has 8 nitrogen and oxygen atoms in total. The number of rotatable bonds is 9. The fourth-order valence-electron chi connectivity index (χ4n) is 3.10. The molecule has 0 atom stereocenters. The van der Waals surface area contributed by atoms with Gasteiger partial charge in [0.25, 0.3) is 0 Å². The Bertz CT molecular complexity index is 1440. The van der Waals surface area contributed by atoms with Crippen LogP contribution in [0.1, 0.15) is 12.8 Å². The van der Waals surface area contributed by atoms with E-state index in [0.717, 1.165) is 23.9 Å². The molecule has 0 saturated heterocycles. The third kappa shape index (κ3) is 6.34. The number of thiazole rings is 1. The van der Waals surface area contributed by atoms with Gasteiger partial charge < -0.3 is 9.30 Å². The van der Waals surface area contributed by atoms with Gasteiger partial charge in [0.2, 0.25) is 5.91 Å². The summed E-state index contributed by atoms with van der Waals surface area (Å²) >= 11 is 1.17. The van der Waals surface area contributed by atoms with E-state index in [0.29, 0.717) is 22.7 Å². The molecule has 0 aliphatic carbocycles. The zero-order valence-corrected chi connectivity index (χ0v) is 20.5. The number of amides is 1. The van der Waals surface area contributed by atoms with Crippen molar-refractivity contribution >= 4 is 47.1 Å². The molecule has 0 aliphatic rings. The van der Waals surface area contributed by atoms with Gasteiger partial charge in [0.05, 0.1) is 32.4 Å². The van der Waals surface area contributed by atoms with Crippen molar-refractivity contribution in [3.8, 4) is 0 Å². The van der Waals surface area contributed by atoms with Crippen LogP contribution in [0.25, 0.3) is 10.2 Å². The van der Waals surface area contributed by atoms with Crippen molar-refractivity contribution in [2.75, 3.05) is 25.7 Å². The Hall–Kier alpha value is -2.41. The SMILES string of the molecule is COCCn1c(=NC(=O)CCCS(=O)(=O)c2ccc(F)cc2)sc2cc(S(C)(=O)=O)ccc21. The van der Waals surface area contributed by atoms with E-state index < -0.39 is 31.4 Å². The van der Waals surface area contributed by atoms with Crippen molar-refractivity contribution in [2.24, 2.45) is 4.99 Å². The van der Waals surface area contributed by atoms with Crippen molar-refractivity contribution < 1.29 is 30.8 Å². The normalized spacial score (nSPS) is 13.0. The number of hydrogen-bond acceptors (Lipinski definition) is 7. The molecule has 33 heavy (non-hydrogen) atoms. The fourth-order valence-corrected chi connectivity index (χ4v) is 6.25. The number of halogens is 1. The lowest BCUT2D eigenvalue weighted by Gasteiger charge is -2.05. The average molecular weight is 515 g/mol. The molecule has 0 N–H and O–H groups in total. The first-order chi connectivity index (χ1) is 15.5. The van der Waals surface area contributed by atoms with Gasteiger partial charge in [-0.1, -0.05) is 11.3 Å². The molecular weight excluding hydrogens is 491 g/mol. The summed E-state index contributed by atoms with van der Waals surface area (Å²) in [6.45, 7) is 0.761. The second-order valence-electron chi connectivity index (χ2n) is 7.31. The minimum absolute atomic E-state index is 0.00289. The van der Waals surface area contributed by atoms with Crippen LogP contribution < -0.4 is 4.80 Å². The Morgan fingerprint density at radius 1 is 1.09 bits per heavy atom. The molecule has 3 rings (SSSR count). The van der Waals surface area contributed by atoms with Crippen molar-refractivity contribution in [1.82, 2.24) is 4.57 Å². The molecule has 0 unspecified atom stereocenters. The van der Waals surface area contributed by atoms with Gasteiger partial charge in [0.15, 0.2) is 24.5 Å². The predicted molar refractivity (Wildman–Crippen MR) is 123 cm³/mol. The first-order valence-corrected chi connectivity index (χ1v) is 14.3. The number of carbonyl (C=O) groups is 1. The molecule has 0 saturated carbocycles. The van der Waals surface area contributed by atoms with Crippen LogP contribution >= 0.6 is 11.3 Å². The summed E-state index contributed by atoms with van der Waals surface area (Å²) in [6.07, 6.45) is 1.09. The van der Waals surface area contributed by atoms with E-state index in [2.05, 4.69) is 4.99 Å². The number of methoxy groups -OCH3 is 1. The van der Waals surface area contributed by atoms with Gasteiger partial charge in [-0.2, -0.15) is 4.99 Å². The lowest BCUT2D eigenvalue weighted by atomic mass is 10.3.